The average Bonchev–Trinajstić information content (AvgIpc) is 2.38. The highest BCUT2D eigenvalue weighted by Crippen LogP contribution is 2.09. The Hall–Kier alpha value is -1.88. The van der Waals surface area contributed by atoms with Gasteiger partial charge < -0.3 is 16.0 Å². The Balaban J connectivity index is 2.15. The minimum absolute atomic E-state index is 0.112. The van der Waals surface area contributed by atoms with E-state index in [-0.39, 0.29) is 18.4 Å². The summed E-state index contributed by atoms with van der Waals surface area (Å²) in [5.74, 6) is -0.227. The first kappa shape index (κ1) is 11.6. The fourth-order valence-electron chi connectivity index (χ4n) is 1.83. The number of nitrogens with zero attached hydrogens (tertiary/aromatic N) is 1. The van der Waals surface area contributed by atoms with E-state index in [1.54, 1.807) is 23.1 Å². The third kappa shape index (κ3) is 2.62. The Bertz CT molecular complexity index is 445. The van der Waals surface area contributed by atoms with Crippen LogP contribution < -0.4 is 11.1 Å². The number of piperazine rings is 1. The largest absolute Gasteiger partial charge is 0.353 e. The zero-order valence-corrected chi connectivity index (χ0v) is 9.48. The van der Waals surface area contributed by atoms with Crippen molar-refractivity contribution in [3.05, 3.63) is 35.4 Å². The molecule has 0 atom stereocenters. The number of hydrogen-bond acceptors (Lipinski definition) is 3. The van der Waals surface area contributed by atoms with Crippen molar-refractivity contribution in [1.82, 2.24) is 10.2 Å². The van der Waals surface area contributed by atoms with Crippen molar-refractivity contribution >= 4 is 11.8 Å². The Morgan fingerprint density at radius 3 is 3.00 bits per heavy atom. The number of hydrogen-bond donors (Lipinski definition) is 2. The molecule has 3 N–H and O–H groups in total. The van der Waals surface area contributed by atoms with Gasteiger partial charge in [0.05, 0.1) is 6.54 Å². The van der Waals surface area contributed by atoms with Crippen LogP contribution in [-0.2, 0) is 11.3 Å². The zero-order valence-electron chi connectivity index (χ0n) is 9.48. The van der Waals surface area contributed by atoms with Crippen LogP contribution in [0.1, 0.15) is 15.9 Å². The van der Waals surface area contributed by atoms with Gasteiger partial charge in [-0.2, -0.15) is 0 Å². The lowest BCUT2D eigenvalue weighted by Crippen LogP contribution is -2.49. The minimum Gasteiger partial charge on any atom is -0.353 e. The number of rotatable bonds is 2. The molecule has 1 aromatic rings. The zero-order chi connectivity index (χ0) is 12.3. The molecule has 1 fully saturated rings. The molecule has 0 spiro atoms. The third-order valence-corrected chi connectivity index (χ3v) is 2.74. The smallest absolute Gasteiger partial charge is 0.254 e. The average molecular weight is 233 g/mol. The van der Waals surface area contributed by atoms with Crippen molar-refractivity contribution < 1.29 is 9.59 Å². The number of nitrogens with one attached hydrogen (secondary N) is 1. The number of carbonyl (C=O) groups excluding carboxylic acids is 2. The molecule has 2 amide bonds. The van der Waals surface area contributed by atoms with Crippen LogP contribution in [-0.4, -0.2) is 36.3 Å². The standard InChI is InChI=1S/C12H15N3O2/c13-7-9-2-1-3-10(6-9)12(17)15-5-4-14-11(16)8-15/h1-3,6H,4-5,7-8,13H2,(H,14,16). The molecule has 1 heterocycles. The van der Waals surface area contributed by atoms with Crippen molar-refractivity contribution in [3.63, 3.8) is 0 Å². The highest BCUT2D eigenvalue weighted by molar-refractivity contribution is 5.97. The summed E-state index contributed by atoms with van der Waals surface area (Å²) >= 11 is 0. The van der Waals surface area contributed by atoms with Gasteiger partial charge in [0.1, 0.15) is 0 Å². The first-order valence-corrected chi connectivity index (χ1v) is 5.55. The van der Waals surface area contributed by atoms with E-state index in [9.17, 15) is 9.59 Å². The van der Waals surface area contributed by atoms with Crippen LogP contribution in [0.3, 0.4) is 0 Å². The molecule has 1 saturated heterocycles. The number of nitrogens with two attached hydrogens (primary N) is 1. The van der Waals surface area contributed by atoms with Crippen LogP contribution in [0.2, 0.25) is 0 Å². The van der Waals surface area contributed by atoms with Crippen LogP contribution in [0.25, 0.3) is 0 Å². The lowest BCUT2D eigenvalue weighted by Gasteiger charge is -2.26. The number of amides is 2. The van der Waals surface area contributed by atoms with Gasteiger partial charge in [-0.15, -0.1) is 0 Å². The lowest BCUT2D eigenvalue weighted by molar-refractivity contribution is -0.123. The van der Waals surface area contributed by atoms with E-state index in [1.807, 2.05) is 6.07 Å². The summed E-state index contributed by atoms with van der Waals surface area (Å²) < 4.78 is 0. The van der Waals surface area contributed by atoms with Gasteiger partial charge in [-0.1, -0.05) is 12.1 Å². The topological polar surface area (TPSA) is 75.4 Å². The molecule has 0 bridgehead atoms. The van der Waals surface area contributed by atoms with Crippen molar-refractivity contribution in [2.75, 3.05) is 19.6 Å². The lowest BCUT2D eigenvalue weighted by atomic mass is 10.1. The van der Waals surface area contributed by atoms with E-state index >= 15 is 0 Å². The van der Waals surface area contributed by atoms with Gasteiger partial charge in [0, 0.05) is 25.2 Å². The number of benzene rings is 1. The third-order valence-electron chi connectivity index (χ3n) is 2.74. The minimum atomic E-state index is -0.116. The van der Waals surface area contributed by atoms with E-state index in [1.165, 1.54) is 0 Å². The fraction of sp³-hybridized carbons (Fsp3) is 0.333. The summed E-state index contributed by atoms with van der Waals surface area (Å²) in [6.07, 6.45) is 0. The van der Waals surface area contributed by atoms with Gasteiger partial charge in [0.25, 0.3) is 5.91 Å². The van der Waals surface area contributed by atoms with Crippen LogP contribution in [0.5, 0.6) is 0 Å². The Morgan fingerprint density at radius 1 is 1.47 bits per heavy atom. The summed E-state index contributed by atoms with van der Waals surface area (Å²) in [6.45, 7) is 1.60. The summed E-state index contributed by atoms with van der Waals surface area (Å²) in [7, 11) is 0. The predicted molar refractivity (Wildman–Crippen MR) is 63.2 cm³/mol. The first-order valence-electron chi connectivity index (χ1n) is 5.55. The molecule has 1 aliphatic rings. The molecule has 17 heavy (non-hydrogen) atoms. The van der Waals surface area contributed by atoms with Crippen LogP contribution in [0.4, 0.5) is 0 Å². The summed E-state index contributed by atoms with van der Waals surface area (Å²) in [5.41, 5.74) is 7.03. The maximum absolute atomic E-state index is 12.1. The molecular formula is C12H15N3O2. The molecule has 1 aliphatic heterocycles. The first-order chi connectivity index (χ1) is 8.20. The molecule has 0 saturated carbocycles. The summed E-state index contributed by atoms with van der Waals surface area (Å²) in [5, 5.41) is 2.69. The van der Waals surface area contributed by atoms with Gasteiger partial charge in [-0.25, -0.2) is 0 Å². The van der Waals surface area contributed by atoms with E-state index < -0.39 is 0 Å². The second-order valence-corrected chi connectivity index (χ2v) is 3.98. The predicted octanol–water partition coefficient (Wildman–Crippen LogP) is -0.283. The van der Waals surface area contributed by atoms with Gasteiger partial charge >= 0.3 is 0 Å². The molecule has 5 heteroatoms. The molecule has 0 radical (unpaired) electrons. The molecule has 2 rings (SSSR count). The Labute approximate surface area is 99.6 Å². The molecular weight excluding hydrogens is 218 g/mol. The van der Waals surface area contributed by atoms with Crippen molar-refractivity contribution in [1.29, 1.82) is 0 Å². The Kier molecular flexibility index (Phi) is 3.39. The number of carbonyl (C=O) groups is 2. The van der Waals surface area contributed by atoms with Crippen LogP contribution >= 0.6 is 0 Å². The molecule has 0 aliphatic carbocycles. The quantitative estimate of drug-likeness (QED) is 0.737. The van der Waals surface area contributed by atoms with Gasteiger partial charge in [0.2, 0.25) is 5.91 Å². The fourth-order valence-corrected chi connectivity index (χ4v) is 1.83. The second-order valence-electron chi connectivity index (χ2n) is 3.98. The molecule has 0 unspecified atom stereocenters. The van der Waals surface area contributed by atoms with E-state index in [2.05, 4.69) is 5.32 Å². The van der Waals surface area contributed by atoms with E-state index in [0.717, 1.165) is 5.56 Å². The molecule has 1 aromatic carbocycles. The SMILES string of the molecule is NCc1cccc(C(=O)N2CCNC(=O)C2)c1. The van der Waals surface area contributed by atoms with Crippen LogP contribution in [0, 0.1) is 0 Å². The maximum atomic E-state index is 12.1. The Morgan fingerprint density at radius 2 is 2.29 bits per heavy atom. The van der Waals surface area contributed by atoms with Gasteiger partial charge in [0.15, 0.2) is 0 Å². The van der Waals surface area contributed by atoms with Crippen LogP contribution in [0.15, 0.2) is 24.3 Å². The maximum Gasteiger partial charge on any atom is 0.254 e. The molecule has 90 valence electrons. The second kappa shape index (κ2) is 4.97. The highest BCUT2D eigenvalue weighted by Gasteiger charge is 2.22. The van der Waals surface area contributed by atoms with Gasteiger partial charge in [-0.3, -0.25) is 9.59 Å². The summed E-state index contributed by atoms with van der Waals surface area (Å²) in [6, 6.07) is 7.20. The highest BCUT2D eigenvalue weighted by atomic mass is 16.2. The molecule has 5 nitrogen and oxygen atoms in total. The van der Waals surface area contributed by atoms with Crippen molar-refractivity contribution in [2.24, 2.45) is 5.73 Å². The van der Waals surface area contributed by atoms with Crippen molar-refractivity contribution in [2.45, 2.75) is 6.54 Å². The molecule has 0 aromatic heterocycles. The monoisotopic (exact) mass is 233 g/mol. The normalized spacial score (nSPS) is 15.6. The van der Waals surface area contributed by atoms with Gasteiger partial charge in [-0.05, 0) is 17.7 Å². The van der Waals surface area contributed by atoms with E-state index in [0.29, 0.717) is 25.2 Å². The summed E-state index contributed by atoms with van der Waals surface area (Å²) in [4.78, 5) is 24.9. The van der Waals surface area contributed by atoms with E-state index in [4.69, 9.17) is 5.73 Å². The van der Waals surface area contributed by atoms with Crippen molar-refractivity contribution in [3.8, 4) is 0 Å².